The minimum absolute atomic E-state index is 0. The van der Waals surface area contributed by atoms with Crippen LogP contribution in [0.15, 0.2) is 97.6 Å². The first-order valence-corrected chi connectivity index (χ1v) is 18.8. The van der Waals surface area contributed by atoms with E-state index in [0.29, 0.717) is 50.6 Å². The van der Waals surface area contributed by atoms with E-state index in [4.69, 9.17) is 25.0 Å². The predicted octanol–water partition coefficient (Wildman–Crippen LogP) is -1.40. The molecule has 4 aromatic heterocycles. The van der Waals surface area contributed by atoms with Crippen molar-refractivity contribution >= 4 is 40.2 Å². The SMILES string of the molecule is COC(=O)c1cc(-c2ccc(C#CC#C[C@@H]3CC3CO)cc2)nc2ccncc12.O=C(O)c1cc(-c2ccc(C#CC#C[C@@H]3CC3CO)cc2)nc2ccncc12.O=CO[O-].[H-].[K+].[K+]. The monoisotopic (exact) mass is 890 g/mol. The first kappa shape index (κ1) is 51.0. The summed E-state index contributed by atoms with van der Waals surface area (Å²) in [4.78, 5) is 52.3. The van der Waals surface area contributed by atoms with Gasteiger partial charge in [-0.1, -0.05) is 47.9 Å². The van der Waals surface area contributed by atoms with Gasteiger partial charge in [0.05, 0.1) is 40.7 Å². The van der Waals surface area contributed by atoms with Crippen molar-refractivity contribution in [3.63, 3.8) is 0 Å². The van der Waals surface area contributed by atoms with Crippen LogP contribution in [0.2, 0.25) is 0 Å². The average molecular weight is 891 g/mol. The van der Waals surface area contributed by atoms with Crippen LogP contribution in [0.25, 0.3) is 44.3 Å². The summed E-state index contributed by atoms with van der Waals surface area (Å²) in [6, 6.07) is 21.8. The molecule has 0 spiro atoms. The fraction of sp³-hybridized carbons (Fsp3) is 0.188. The van der Waals surface area contributed by atoms with Gasteiger partial charge in [-0.15, -0.1) is 0 Å². The Kier molecular flexibility index (Phi) is 20.7. The maximum Gasteiger partial charge on any atom is 1.00 e. The van der Waals surface area contributed by atoms with Gasteiger partial charge in [0.1, 0.15) is 0 Å². The molecule has 0 radical (unpaired) electrons. The molecular weight excluding hydrogens is 855 g/mol. The Bertz CT molecular complexity index is 2850. The van der Waals surface area contributed by atoms with E-state index in [-0.39, 0.29) is 141 Å². The van der Waals surface area contributed by atoms with Crippen molar-refractivity contribution in [1.82, 2.24) is 19.9 Å². The van der Waals surface area contributed by atoms with Crippen LogP contribution >= 0.6 is 0 Å². The van der Waals surface area contributed by atoms with E-state index >= 15 is 0 Å². The van der Waals surface area contributed by atoms with E-state index in [1.807, 2.05) is 48.5 Å². The van der Waals surface area contributed by atoms with Gasteiger partial charge in [0, 0.05) is 82.9 Å². The Balaban J connectivity index is 0.000000301. The van der Waals surface area contributed by atoms with E-state index in [2.05, 4.69) is 72.2 Å². The Morgan fingerprint density at radius 2 is 1.16 bits per heavy atom. The second-order valence-corrected chi connectivity index (χ2v) is 13.6. The molecule has 0 aliphatic heterocycles. The number of carbonyl (C=O) groups is 3. The fourth-order valence-electron chi connectivity index (χ4n) is 6.05. The number of nitrogens with zero attached hydrogens (tertiary/aromatic N) is 4. The number of rotatable bonds is 7. The molecular formula is C48H36K2N4O9. The molecule has 0 saturated heterocycles. The standard InChI is InChI=1S/C24H18N2O3.C23H16N2O3.CH2O3.2K.H/c1-29-24(28)20-13-23(26-22-10-11-25-14-21(20)22)17-8-6-16(7-9-17)4-2-3-5-18-12-19(18)15-27;26-14-18-11-17(18)4-2-1-3-15-5-7-16(8-6-15)22-12-19(23(27)28)20-13-24-10-9-21(20)25-22;2-1-4-3;;;/h6-11,13-14,18-19,27H,12,15H2,1H3;5-10,12-13,17-18,26H,11,14H2,(H,27,28);1,3H;;;/q;;;2*+1;-1/p-1/t18-,19?;17-,18?;;;;/m11..../s1. The van der Waals surface area contributed by atoms with Crippen LogP contribution in [-0.2, 0) is 14.4 Å². The molecule has 3 N–H and O–H groups in total. The van der Waals surface area contributed by atoms with Gasteiger partial charge >= 0.3 is 115 Å². The molecule has 15 heteroatoms. The zero-order valence-corrected chi connectivity index (χ0v) is 40.8. The molecule has 2 fully saturated rings. The molecule has 63 heavy (non-hydrogen) atoms. The molecule has 8 rings (SSSR count). The number of benzene rings is 2. The van der Waals surface area contributed by atoms with Gasteiger partial charge in [0.2, 0.25) is 0 Å². The van der Waals surface area contributed by atoms with Crippen LogP contribution in [0, 0.1) is 71.0 Å². The van der Waals surface area contributed by atoms with Gasteiger partial charge in [-0.25, -0.2) is 19.6 Å². The van der Waals surface area contributed by atoms with Gasteiger partial charge in [0.15, 0.2) is 0 Å². The van der Waals surface area contributed by atoms with Crippen molar-refractivity contribution in [1.29, 1.82) is 0 Å². The summed E-state index contributed by atoms with van der Waals surface area (Å²) in [6.07, 6.45) is 8.27. The number of aliphatic hydroxyl groups is 2. The molecule has 2 aliphatic rings. The second-order valence-electron chi connectivity index (χ2n) is 13.6. The maximum atomic E-state index is 12.2. The van der Waals surface area contributed by atoms with Gasteiger partial charge < -0.3 is 31.6 Å². The number of aromatic nitrogens is 4. The first-order chi connectivity index (χ1) is 29.8. The summed E-state index contributed by atoms with van der Waals surface area (Å²) in [5, 5.41) is 37.1. The zero-order chi connectivity index (χ0) is 43.1. The molecule has 304 valence electrons. The quantitative estimate of drug-likeness (QED) is 0.0422. The van der Waals surface area contributed by atoms with Crippen LogP contribution in [-0.4, -0.2) is 74.0 Å². The minimum atomic E-state index is -1.01. The van der Waals surface area contributed by atoms with Gasteiger partial charge in [0.25, 0.3) is 6.47 Å². The number of esters is 1. The molecule has 4 heterocycles. The number of carbonyl (C=O) groups excluding carboxylic acids is 2. The smallest absolute Gasteiger partial charge is 1.00 e. The minimum Gasteiger partial charge on any atom is -1.00 e. The Hall–Kier alpha value is -4.64. The van der Waals surface area contributed by atoms with Crippen molar-refractivity contribution in [2.24, 2.45) is 23.7 Å². The third kappa shape index (κ3) is 14.4. The van der Waals surface area contributed by atoms with E-state index in [1.165, 1.54) is 13.3 Å². The number of carboxylic acid groups (broad SMARTS) is 1. The van der Waals surface area contributed by atoms with E-state index in [9.17, 15) is 14.7 Å². The summed E-state index contributed by atoms with van der Waals surface area (Å²) in [5.74, 6) is 23.3. The van der Waals surface area contributed by atoms with E-state index < -0.39 is 11.9 Å². The number of ether oxygens (including phenoxy) is 1. The number of fused-ring (bicyclic) bond motifs is 2. The number of methoxy groups -OCH3 is 1. The number of hydrogen-bond acceptors (Lipinski definition) is 12. The normalized spacial score (nSPS) is 15.7. The third-order valence-corrected chi connectivity index (χ3v) is 9.62. The summed E-state index contributed by atoms with van der Waals surface area (Å²) in [7, 11) is 1.36. The summed E-state index contributed by atoms with van der Waals surface area (Å²) in [5.41, 5.74) is 6.46. The van der Waals surface area contributed by atoms with Crippen LogP contribution in [0.4, 0.5) is 0 Å². The van der Waals surface area contributed by atoms with Crippen molar-refractivity contribution in [3.8, 4) is 69.9 Å². The average Bonchev–Trinajstić information content (AvgIpc) is 4.25. The predicted molar refractivity (Wildman–Crippen MR) is 223 cm³/mol. The van der Waals surface area contributed by atoms with Crippen molar-refractivity contribution in [3.05, 3.63) is 120 Å². The van der Waals surface area contributed by atoms with E-state index in [1.54, 1.807) is 42.9 Å². The Morgan fingerprint density at radius 1 is 0.730 bits per heavy atom. The van der Waals surface area contributed by atoms with Crippen LogP contribution in [0.3, 0.4) is 0 Å². The molecule has 0 bridgehead atoms. The van der Waals surface area contributed by atoms with Crippen molar-refractivity contribution in [2.45, 2.75) is 12.8 Å². The number of hydrogen-bond donors (Lipinski definition) is 3. The molecule has 0 amide bonds. The Labute approximate surface area is 449 Å². The summed E-state index contributed by atoms with van der Waals surface area (Å²) < 4.78 is 4.90. The third-order valence-electron chi connectivity index (χ3n) is 9.62. The zero-order valence-electron chi connectivity index (χ0n) is 35.5. The van der Waals surface area contributed by atoms with Crippen molar-refractivity contribution in [2.75, 3.05) is 20.3 Å². The number of aliphatic hydroxyl groups excluding tert-OH is 2. The molecule has 2 unspecified atom stereocenters. The Morgan fingerprint density at radius 3 is 1.54 bits per heavy atom. The molecule has 2 aromatic carbocycles. The van der Waals surface area contributed by atoms with Gasteiger partial charge in [-0.2, -0.15) is 0 Å². The second kappa shape index (κ2) is 25.6. The number of pyridine rings is 4. The van der Waals surface area contributed by atoms with Crippen LogP contribution < -0.4 is 108 Å². The van der Waals surface area contributed by atoms with Crippen LogP contribution in [0.1, 0.15) is 46.1 Å². The van der Waals surface area contributed by atoms with Crippen molar-refractivity contribution < 1.29 is 149 Å². The molecule has 13 nitrogen and oxygen atoms in total. The van der Waals surface area contributed by atoms with Gasteiger partial charge in [-0.05, 0) is 96.9 Å². The number of carboxylic acids is 1. The van der Waals surface area contributed by atoms with E-state index in [0.717, 1.165) is 35.1 Å². The summed E-state index contributed by atoms with van der Waals surface area (Å²) in [6.45, 7) is 0.211. The van der Waals surface area contributed by atoms with Crippen LogP contribution in [0.5, 0.6) is 0 Å². The van der Waals surface area contributed by atoms with Gasteiger partial charge in [-0.3, -0.25) is 14.8 Å². The fourth-order valence-corrected chi connectivity index (χ4v) is 6.05. The molecule has 2 aliphatic carbocycles. The molecule has 2 saturated carbocycles. The maximum absolute atomic E-state index is 12.2. The summed E-state index contributed by atoms with van der Waals surface area (Å²) >= 11 is 0. The largest absolute Gasteiger partial charge is 1.00 e. The number of aromatic carboxylic acids is 1. The molecule has 6 aromatic rings. The topological polar surface area (TPSA) is 205 Å². The molecule has 4 atom stereocenters. The first-order valence-electron chi connectivity index (χ1n) is 18.8.